The predicted molar refractivity (Wildman–Crippen MR) is 93.3 cm³/mol. The fraction of sp³-hybridized carbons (Fsp3) is 0.118. The highest BCUT2D eigenvalue weighted by molar-refractivity contribution is 7.86. The molecular formula is C17H15N3O4S. The molecule has 128 valence electrons. The second-order valence-electron chi connectivity index (χ2n) is 5.21. The summed E-state index contributed by atoms with van der Waals surface area (Å²) >= 11 is 0. The van der Waals surface area contributed by atoms with E-state index in [4.69, 9.17) is 4.42 Å². The summed E-state index contributed by atoms with van der Waals surface area (Å²) in [7, 11) is -1.62. The average Bonchev–Trinajstić information content (AvgIpc) is 3.17. The van der Waals surface area contributed by atoms with Gasteiger partial charge in [0.1, 0.15) is 11.6 Å². The number of hydrogen-bond donors (Lipinski definition) is 0. The lowest BCUT2D eigenvalue weighted by Gasteiger charge is -2.27. The number of anilines is 1. The van der Waals surface area contributed by atoms with Gasteiger partial charge in [0.15, 0.2) is 11.0 Å². The van der Waals surface area contributed by atoms with Crippen molar-refractivity contribution in [2.24, 2.45) is 0 Å². The topological polar surface area (TPSA) is 89.5 Å². The van der Waals surface area contributed by atoms with Crippen LogP contribution in [0, 0.1) is 10.1 Å². The van der Waals surface area contributed by atoms with Gasteiger partial charge in [0.25, 0.3) is 5.69 Å². The van der Waals surface area contributed by atoms with Gasteiger partial charge >= 0.3 is 0 Å². The van der Waals surface area contributed by atoms with E-state index in [1.807, 2.05) is 6.92 Å². The molecule has 0 aliphatic heterocycles. The van der Waals surface area contributed by atoms with Gasteiger partial charge in [0, 0.05) is 18.3 Å². The third-order valence-corrected chi connectivity index (χ3v) is 5.15. The van der Waals surface area contributed by atoms with Crippen LogP contribution in [-0.4, -0.2) is 14.1 Å². The average molecular weight is 357 g/mol. The monoisotopic (exact) mass is 357 g/mol. The number of furan rings is 1. The Morgan fingerprint density at radius 1 is 1.16 bits per heavy atom. The maximum atomic E-state index is 13.1. The zero-order valence-electron chi connectivity index (χ0n) is 13.3. The molecule has 8 heteroatoms. The minimum atomic E-state index is -1.62. The first-order valence-electron chi connectivity index (χ1n) is 7.48. The molecule has 0 saturated heterocycles. The summed E-state index contributed by atoms with van der Waals surface area (Å²) in [6.45, 7) is 1.86. The van der Waals surface area contributed by atoms with Gasteiger partial charge in [-0.3, -0.25) is 14.4 Å². The van der Waals surface area contributed by atoms with E-state index in [0.717, 1.165) is 0 Å². The molecule has 2 heterocycles. The summed E-state index contributed by atoms with van der Waals surface area (Å²) in [6, 6.07) is 14.2. The van der Waals surface area contributed by atoms with Crippen LogP contribution in [0.5, 0.6) is 0 Å². The van der Waals surface area contributed by atoms with Crippen LogP contribution in [0.3, 0.4) is 0 Å². The molecule has 2 atom stereocenters. The van der Waals surface area contributed by atoms with E-state index in [1.54, 1.807) is 47.1 Å². The molecule has 0 radical (unpaired) electrons. The molecule has 0 N–H and O–H groups in total. The maximum Gasteiger partial charge on any atom is 0.269 e. The third kappa shape index (κ3) is 3.58. The Balaban J connectivity index is 1.99. The zero-order chi connectivity index (χ0) is 17.8. The Morgan fingerprint density at radius 3 is 2.48 bits per heavy atom. The molecule has 7 nitrogen and oxygen atoms in total. The smallest absolute Gasteiger partial charge is 0.269 e. The fourth-order valence-electron chi connectivity index (χ4n) is 2.35. The molecule has 0 bridgehead atoms. The van der Waals surface area contributed by atoms with E-state index in [1.165, 1.54) is 24.3 Å². The predicted octanol–water partition coefficient (Wildman–Crippen LogP) is 3.87. The number of aromatic nitrogens is 1. The molecule has 2 aromatic heterocycles. The number of hydrogen-bond acceptors (Lipinski definition) is 5. The molecule has 25 heavy (non-hydrogen) atoms. The van der Waals surface area contributed by atoms with Gasteiger partial charge in [-0.05, 0) is 43.3 Å². The molecular weight excluding hydrogens is 342 g/mol. The first-order valence-corrected chi connectivity index (χ1v) is 8.58. The molecule has 0 aliphatic rings. The van der Waals surface area contributed by atoms with Crippen molar-refractivity contribution in [1.29, 1.82) is 0 Å². The van der Waals surface area contributed by atoms with Gasteiger partial charge in [-0.2, -0.15) is 0 Å². The molecule has 0 aliphatic carbocycles. The maximum absolute atomic E-state index is 13.1. The van der Waals surface area contributed by atoms with E-state index >= 15 is 0 Å². The van der Waals surface area contributed by atoms with E-state index in [2.05, 4.69) is 4.98 Å². The van der Waals surface area contributed by atoms with Gasteiger partial charge in [0.2, 0.25) is 0 Å². The number of nitro groups is 1. The molecule has 3 rings (SSSR count). The highest BCUT2D eigenvalue weighted by Gasteiger charge is 2.26. The van der Waals surface area contributed by atoms with Crippen LogP contribution in [-0.2, 0) is 11.0 Å². The fourth-order valence-corrected chi connectivity index (χ4v) is 3.62. The summed E-state index contributed by atoms with van der Waals surface area (Å²) in [5, 5.41) is 10.8. The van der Waals surface area contributed by atoms with E-state index in [-0.39, 0.29) is 11.7 Å². The Bertz CT molecular complexity index is 867. The van der Waals surface area contributed by atoms with Crippen LogP contribution in [0.15, 0.2) is 76.4 Å². The van der Waals surface area contributed by atoms with Crippen LogP contribution in [0.25, 0.3) is 0 Å². The number of benzene rings is 1. The summed E-state index contributed by atoms with van der Waals surface area (Å²) in [5.74, 6) is 1.16. The quantitative estimate of drug-likeness (QED) is 0.493. The summed E-state index contributed by atoms with van der Waals surface area (Å²) < 4.78 is 20.2. The number of nitrogens with zero attached hydrogens (tertiary/aromatic N) is 3. The van der Waals surface area contributed by atoms with Gasteiger partial charge in [-0.15, -0.1) is 0 Å². The van der Waals surface area contributed by atoms with Crippen molar-refractivity contribution >= 4 is 22.5 Å². The van der Waals surface area contributed by atoms with Crippen LogP contribution >= 0.6 is 0 Å². The van der Waals surface area contributed by atoms with Crippen molar-refractivity contribution in [3.05, 3.63) is 82.9 Å². The molecule has 3 aromatic rings. The lowest BCUT2D eigenvalue weighted by molar-refractivity contribution is -0.384. The highest BCUT2D eigenvalue weighted by Crippen LogP contribution is 2.30. The molecule has 0 fully saturated rings. The minimum Gasteiger partial charge on any atom is -0.467 e. The number of pyridine rings is 1. The second kappa shape index (κ2) is 7.27. The van der Waals surface area contributed by atoms with E-state index < -0.39 is 15.9 Å². The van der Waals surface area contributed by atoms with Crippen molar-refractivity contribution in [2.45, 2.75) is 17.9 Å². The normalized spacial score (nSPS) is 13.2. The van der Waals surface area contributed by atoms with Gasteiger partial charge < -0.3 is 4.42 Å². The van der Waals surface area contributed by atoms with Crippen LogP contribution in [0.4, 0.5) is 11.5 Å². The van der Waals surface area contributed by atoms with Crippen molar-refractivity contribution < 1.29 is 13.5 Å². The standard InChI is InChI=1S/C17H15N3O4S/c1-13(16-5-4-12-24-16)19(17-6-2-3-11-18-17)25(23)15-9-7-14(8-10-15)20(21)22/h2-13H,1H3. The molecule has 2 unspecified atom stereocenters. The highest BCUT2D eigenvalue weighted by atomic mass is 32.2. The third-order valence-electron chi connectivity index (χ3n) is 3.61. The minimum absolute atomic E-state index is 0.0516. The SMILES string of the molecule is CC(c1ccco1)N(c1ccccn1)S(=O)c1ccc([N+](=O)[O-])cc1. The first kappa shape index (κ1) is 16.8. The zero-order valence-corrected chi connectivity index (χ0v) is 14.1. The van der Waals surface area contributed by atoms with Crippen LogP contribution in [0.2, 0.25) is 0 Å². The summed E-state index contributed by atoms with van der Waals surface area (Å²) in [5.41, 5.74) is -0.0516. The van der Waals surface area contributed by atoms with E-state index in [0.29, 0.717) is 16.5 Å². The number of nitro benzene ring substituents is 1. The van der Waals surface area contributed by atoms with Crippen LogP contribution < -0.4 is 4.31 Å². The van der Waals surface area contributed by atoms with Crippen molar-refractivity contribution in [3.63, 3.8) is 0 Å². The second-order valence-corrected chi connectivity index (χ2v) is 6.57. The number of non-ortho nitro benzene ring substituents is 1. The largest absolute Gasteiger partial charge is 0.467 e. The Kier molecular flexibility index (Phi) is 4.90. The van der Waals surface area contributed by atoms with Gasteiger partial charge in [0.05, 0.1) is 22.1 Å². The van der Waals surface area contributed by atoms with Gasteiger partial charge in [-0.1, -0.05) is 6.07 Å². The lowest BCUT2D eigenvalue weighted by Crippen LogP contribution is -2.29. The van der Waals surface area contributed by atoms with Crippen molar-refractivity contribution in [3.8, 4) is 0 Å². The summed E-state index contributed by atoms with van der Waals surface area (Å²) in [6.07, 6.45) is 3.17. The first-order chi connectivity index (χ1) is 12.1. The molecule has 0 saturated carbocycles. The van der Waals surface area contributed by atoms with Crippen molar-refractivity contribution in [2.75, 3.05) is 4.31 Å². The Hall–Kier alpha value is -3.00. The molecule has 0 amide bonds. The lowest BCUT2D eigenvalue weighted by atomic mass is 10.2. The van der Waals surface area contributed by atoms with Gasteiger partial charge in [-0.25, -0.2) is 9.19 Å². The molecule has 1 aromatic carbocycles. The van der Waals surface area contributed by atoms with E-state index in [9.17, 15) is 14.3 Å². The van der Waals surface area contributed by atoms with Crippen molar-refractivity contribution in [1.82, 2.24) is 4.98 Å². The Morgan fingerprint density at radius 2 is 1.92 bits per heavy atom. The summed E-state index contributed by atoms with van der Waals surface area (Å²) in [4.78, 5) is 15.0. The van der Waals surface area contributed by atoms with Crippen LogP contribution in [0.1, 0.15) is 18.7 Å². The Labute approximate surface area is 146 Å². The molecule has 0 spiro atoms. The number of rotatable bonds is 6.